The molecular formula is C26H27N3. The Morgan fingerprint density at radius 2 is 1.72 bits per heavy atom. The van der Waals surface area contributed by atoms with Gasteiger partial charge in [-0.25, -0.2) is 0 Å². The number of rotatable bonds is 4. The van der Waals surface area contributed by atoms with Crippen molar-refractivity contribution in [1.29, 1.82) is 0 Å². The van der Waals surface area contributed by atoms with E-state index in [1.807, 2.05) is 18.3 Å². The lowest BCUT2D eigenvalue weighted by molar-refractivity contribution is 0.722. The molecule has 0 saturated heterocycles. The second kappa shape index (κ2) is 7.40. The Balaban J connectivity index is 1.63. The van der Waals surface area contributed by atoms with Gasteiger partial charge in [0.2, 0.25) is 0 Å². The van der Waals surface area contributed by atoms with E-state index in [1.54, 1.807) is 0 Å². The number of aryl methyl sites for hydroxylation is 1. The van der Waals surface area contributed by atoms with E-state index in [4.69, 9.17) is 0 Å². The van der Waals surface area contributed by atoms with Crippen LogP contribution in [0.4, 0.5) is 11.4 Å². The number of H-pyrrole nitrogens is 1. The van der Waals surface area contributed by atoms with Gasteiger partial charge in [0, 0.05) is 24.3 Å². The first kappa shape index (κ1) is 18.0. The van der Waals surface area contributed by atoms with Crippen LogP contribution in [0.5, 0.6) is 0 Å². The predicted molar refractivity (Wildman–Crippen MR) is 122 cm³/mol. The maximum absolute atomic E-state index is 4.52. The largest absolute Gasteiger partial charge is 0.352 e. The Labute approximate surface area is 172 Å². The number of nitrogens with zero attached hydrogens (tertiary/aromatic N) is 2. The van der Waals surface area contributed by atoms with Crippen LogP contribution in [0.15, 0.2) is 66.9 Å². The molecule has 2 aromatic carbocycles. The molecule has 1 aliphatic rings. The molecule has 0 amide bonds. The van der Waals surface area contributed by atoms with Crippen LogP contribution >= 0.6 is 0 Å². The highest BCUT2D eigenvalue weighted by molar-refractivity contribution is 5.97. The van der Waals surface area contributed by atoms with Crippen LogP contribution in [0.3, 0.4) is 0 Å². The molecule has 2 heterocycles. The molecule has 29 heavy (non-hydrogen) atoms. The maximum atomic E-state index is 4.52. The first-order valence-corrected chi connectivity index (χ1v) is 10.6. The van der Waals surface area contributed by atoms with Crippen molar-refractivity contribution >= 4 is 22.3 Å². The van der Waals surface area contributed by atoms with Crippen molar-refractivity contribution in [2.24, 2.45) is 0 Å². The highest BCUT2D eigenvalue weighted by Crippen LogP contribution is 2.42. The zero-order chi connectivity index (χ0) is 19.8. The summed E-state index contributed by atoms with van der Waals surface area (Å²) in [7, 11) is 2.20. The maximum Gasteiger partial charge on any atom is 0.0864 e. The number of anilines is 2. The van der Waals surface area contributed by atoms with Crippen LogP contribution in [-0.4, -0.2) is 17.0 Å². The average molecular weight is 382 g/mol. The quantitative estimate of drug-likeness (QED) is 0.414. The van der Waals surface area contributed by atoms with Crippen LogP contribution < -0.4 is 4.90 Å². The summed E-state index contributed by atoms with van der Waals surface area (Å²) >= 11 is 0. The molecule has 0 aliphatic heterocycles. The van der Waals surface area contributed by atoms with Crippen molar-refractivity contribution < 1.29 is 0 Å². The second-order valence-electron chi connectivity index (χ2n) is 8.25. The molecular weight excluding hydrogens is 354 g/mol. The van der Waals surface area contributed by atoms with Crippen molar-refractivity contribution in [3.63, 3.8) is 0 Å². The minimum absolute atomic E-state index is 0.682. The van der Waals surface area contributed by atoms with Crippen molar-refractivity contribution in [2.75, 3.05) is 11.9 Å². The molecule has 4 aromatic rings. The topological polar surface area (TPSA) is 31.9 Å². The molecule has 0 bridgehead atoms. The predicted octanol–water partition coefficient (Wildman–Crippen LogP) is 6.96. The standard InChI is InChI=1S/C26H27N3/c1-18-15-20-17-23(22-12-7-8-14-27-22)28-26(20)25(16-18)29(2)24-13-6-5-11-21(24)19-9-3-4-10-19/h5-8,11-17,19,28H,3-4,9-10H2,1-2H3. The van der Waals surface area contributed by atoms with Gasteiger partial charge in [-0.15, -0.1) is 0 Å². The summed E-state index contributed by atoms with van der Waals surface area (Å²) in [5.74, 6) is 0.682. The number of para-hydroxylation sites is 1. The summed E-state index contributed by atoms with van der Waals surface area (Å²) < 4.78 is 0. The molecule has 1 aliphatic carbocycles. The van der Waals surface area contributed by atoms with Gasteiger partial charge in [0.25, 0.3) is 0 Å². The monoisotopic (exact) mass is 381 g/mol. The summed E-state index contributed by atoms with van der Waals surface area (Å²) in [4.78, 5) is 10.5. The minimum atomic E-state index is 0.682. The molecule has 0 radical (unpaired) electrons. The number of benzene rings is 2. The number of hydrogen-bond acceptors (Lipinski definition) is 2. The fourth-order valence-electron chi connectivity index (χ4n) is 4.80. The van der Waals surface area contributed by atoms with Crippen molar-refractivity contribution in [2.45, 2.75) is 38.5 Å². The number of pyridine rings is 1. The van der Waals surface area contributed by atoms with Gasteiger partial charge in [0.15, 0.2) is 0 Å². The zero-order valence-corrected chi connectivity index (χ0v) is 17.2. The normalized spacial score (nSPS) is 14.6. The lowest BCUT2D eigenvalue weighted by Crippen LogP contribution is -2.13. The third-order valence-electron chi connectivity index (χ3n) is 6.25. The molecule has 0 atom stereocenters. The SMILES string of the molecule is Cc1cc(N(C)c2ccccc2C2CCCC2)c2[nH]c(-c3ccccn3)cc2c1. The second-order valence-corrected chi connectivity index (χ2v) is 8.25. The molecule has 1 saturated carbocycles. The summed E-state index contributed by atoms with van der Waals surface area (Å²) in [6, 6.07) is 21.7. The number of aromatic nitrogens is 2. The van der Waals surface area contributed by atoms with Crippen LogP contribution in [0.1, 0.15) is 42.7 Å². The first-order chi connectivity index (χ1) is 14.2. The zero-order valence-electron chi connectivity index (χ0n) is 17.2. The van der Waals surface area contributed by atoms with Gasteiger partial charge in [0.05, 0.1) is 22.6 Å². The molecule has 3 heteroatoms. The third kappa shape index (κ3) is 3.31. The van der Waals surface area contributed by atoms with Gasteiger partial charge in [-0.2, -0.15) is 0 Å². The number of aromatic amines is 1. The van der Waals surface area contributed by atoms with E-state index in [-0.39, 0.29) is 0 Å². The Morgan fingerprint density at radius 1 is 0.931 bits per heavy atom. The Kier molecular flexibility index (Phi) is 4.59. The number of nitrogens with one attached hydrogen (secondary N) is 1. The van der Waals surface area contributed by atoms with E-state index >= 15 is 0 Å². The smallest absolute Gasteiger partial charge is 0.0864 e. The van der Waals surface area contributed by atoms with Crippen molar-refractivity contribution in [1.82, 2.24) is 9.97 Å². The van der Waals surface area contributed by atoms with E-state index in [1.165, 1.54) is 59.1 Å². The molecule has 0 unspecified atom stereocenters. The van der Waals surface area contributed by atoms with Crippen molar-refractivity contribution in [3.05, 3.63) is 78.0 Å². The number of hydrogen-bond donors (Lipinski definition) is 1. The lowest BCUT2D eigenvalue weighted by atomic mass is 9.95. The Bertz CT molecular complexity index is 1140. The average Bonchev–Trinajstić information content (AvgIpc) is 3.43. The van der Waals surface area contributed by atoms with Gasteiger partial charge in [-0.05, 0) is 73.2 Å². The molecule has 1 N–H and O–H groups in total. The molecule has 2 aromatic heterocycles. The fraction of sp³-hybridized carbons (Fsp3) is 0.269. The van der Waals surface area contributed by atoms with E-state index in [0.717, 1.165) is 11.4 Å². The fourth-order valence-corrected chi connectivity index (χ4v) is 4.80. The van der Waals surface area contributed by atoms with E-state index in [2.05, 4.69) is 77.4 Å². The van der Waals surface area contributed by atoms with Gasteiger partial charge < -0.3 is 9.88 Å². The van der Waals surface area contributed by atoms with Crippen molar-refractivity contribution in [3.8, 4) is 11.4 Å². The summed E-state index contributed by atoms with van der Waals surface area (Å²) in [5.41, 5.74) is 8.49. The highest BCUT2D eigenvalue weighted by Gasteiger charge is 2.22. The van der Waals surface area contributed by atoms with E-state index < -0.39 is 0 Å². The van der Waals surface area contributed by atoms with E-state index in [9.17, 15) is 0 Å². The van der Waals surface area contributed by atoms with Crippen LogP contribution in [0.2, 0.25) is 0 Å². The molecule has 5 rings (SSSR count). The van der Waals surface area contributed by atoms with Crippen LogP contribution in [0, 0.1) is 6.92 Å². The van der Waals surface area contributed by atoms with Crippen LogP contribution in [0.25, 0.3) is 22.3 Å². The van der Waals surface area contributed by atoms with E-state index in [0.29, 0.717) is 5.92 Å². The Hall–Kier alpha value is -3.07. The van der Waals surface area contributed by atoms with Gasteiger partial charge >= 0.3 is 0 Å². The lowest BCUT2D eigenvalue weighted by Gasteiger charge is -2.26. The Morgan fingerprint density at radius 3 is 2.52 bits per heavy atom. The van der Waals surface area contributed by atoms with Gasteiger partial charge in [-0.3, -0.25) is 4.98 Å². The summed E-state index contributed by atoms with van der Waals surface area (Å²) in [6.45, 7) is 2.17. The first-order valence-electron chi connectivity index (χ1n) is 10.6. The number of fused-ring (bicyclic) bond motifs is 1. The van der Waals surface area contributed by atoms with Gasteiger partial charge in [-0.1, -0.05) is 37.1 Å². The third-order valence-corrected chi connectivity index (χ3v) is 6.25. The highest BCUT2D eigenvalue weighted by atomic mass is 15.1. The molecule has 0 spiro atoms. The molecule has 146 valence electrons. The summed E-state index contributed by atoms with van der Waals surface area (Å²) in [6.07, 6.45) is 7.15. The minimum Gasteiger partial charge on any atom is -0.352 e. The van der Waals surface area contributed by atoms with Gasteiger partial charge in [0.1, 0.15) is 0 Å². The molecule has 1 fully saturated rings. The molecule has 3 nitrogen and oxygen atoms in total. The summed E-state index contributed by atoms with van der Waals surface area (Å²) in [5, 5.41) is 1.23. The van der Waals surface area contributed by atoms with Crippen LogP contribution in [-0.2, 0) is 0 Å².